The van der Waals surface area contributed by atoms with E-state index in [-0.39, 0.29) is 28.2 Å². The van der Waals surface area contributed by atoms with E-state index in [2.05, 4.69) is 20.1 Å². The lowest BCUT2D eigenvalue weighted by molar-refractivity contribution is -0.192. The second-order valence-electron chi connectivity index (χ2n) is 9.04. The van der Waals surface area contributed by atoms with Gasteiger partial charge >= 0.3 is 12.1 Å². The molecule has 39 heavy (non-hydrogen) atoms. The molecule has 5 rings (SSSR count). The third kappa shape index (κ3) is 6.43. The lowest BCUT2D eigenvalue weighted by Gasteiger charge is -2.28. The molecule has 10 nitrogen and oxygen atoms in total. The molecule has 0 bridgehead atoms. The van der Waals surface area contributed by atoms with Crippen LogP contribution in [0.1, 0.15) is 37.3 Å². The van der Waals surface area contributed by atoms with E-state index in [4.69, 9.17) is 9.90 Å². The van der Waals surface area contributed by atoms with Crippen LogP contribution in [0.4, 0.5) is 13.2 Å². The van der Waals surface area contributed by atoms with Crippen molar-refractivity contribution < 1.29 is 31.5 Å². The van der Waals surface area contributed by atoms with Gasteiger partial charge in [0, 0.05) is 23.3 Å². The largest absolute Gasteiger partial charge is 0.490 e. The fourth-order valence-electron chi connectivity index (χ4n) is 4.57. The summed E-state index contributed by atoms with van der Waals surface area (Å²) in [5.41, 5.74) is 2.79. The number of nitriles is 1. The molecule has 1 fully saturated rings. The molecule has 0 atom stereocenters. The van der Waals surface area contributed by atoms with Crippen LogP contribution in [0.5, 0.6) is 0 Å². The Labute approximate surface area is 221 Å². The molecule has 1 aromatic carbocycles. The highest BCUT2D eigenvalue weighted by atomic mass is 32.2. The first-order valence-electron chi connectivity index (χ1n) is 11.8. The van der Waals surface area contributed by atoms with Crippen LogP contribution in [-0.2, 0) is 14.6 Å². The van der Waals surface area contributed by atoms with E-state index in [1.165, 1.54) is 6.07 Å². The predicted molar refractivity (Wildman–Crippen MR) is 133 cm³/mol. The van der Waals surface area contributed by atoms with Crippen LogP contribution < -0.4 is 0 Å². The highest BCUT2D eigenvalue weighted by Gasteiger charge is 2.38. The number of benzene rings is 1. The molecule has 4 aromatic rings. The van der Waals surface area contributed by atoms with Crippen LogP contribution >= 0.6 is 0 Å². The van der Waals surface area contributed by atoms with Crippen molar-refractivity contribution in [2.75, 3.05) is 5.75 Å². The summed E-state index contributed by atoms with van der Waals surface area (Å²) >= 11 is 0. The van der Waals surface area contributed by atoms with Crippen LogP contribution in [0.2, 0.25) is 0 Å². The summed E-state index contributed by atoms with van der Waals surface area (Å²) < 4.78 is 59.5. The Bertz CT molecular complexity index is 1620. The number of aromatic nitrogens is 5. The van der Waals surface area contributed by atoms with Crippen LogP contribution in [-0.4, -0.2) is 56.2 Å². The standard InChI is InChI=1S/C23H22N6O2S.C2HF3O2/c24-11-17-3-1-2-4-21(17)32(30,31)14-16-5-7-19(8-6-16)29-13-18(12-28-29)22-20-9-10-25-23(20)27-15-26-22;3-2(4,5)1(6)7/h1-4,9-10,12-13,15-16,19H,5-8,14H2,(H,25,26,27);(H,6,7). The number of rotatable bonds is 5. The minimum Gasteiger partial charge on any atom is -0.475 e. The molecule has 3 aromatic heterocycles. The topological polar surface area (TPSA) is 155 Å². The van der Waals surface area contributed by atoms with Crippen LogP contribution in [0.3, 0.4) is 0 Å². The lowest BCUT2D eigenvalue weighted by atomic mass is 9.87. The summed E-state index contributed by atoms with van der Waals surface area (Å²) in [6.07, 6.45) is 5.49. The SMILES string of the molecule is N#Cc1ccccc1S(=O)(=O)CC1CCC(n2cc(-c3ncnc4[nH]ccc34)cn2)CC1.O=C(O)C(F)(F)F. The maximum absolute atomic E-state index is 12.9. The van der Waals surface area contributed by atoms with Gasteiger partial charge in [-0.2, -0.15) is 23.5 Å². The Kier molecular flexibility index (Phi) is 8.01. The number of aliphatic carboxylic acids is 1. The van der Waals surface area contributed by atoms with Gasteiger partial charge in [-0.1, -0.05) is 12.1 Å². The van der Waals surface area contributed by atoms with Gasteiger partial charge in [-0.05, 0) is 49.8 Å². The zero-order valence-electron chi connectivity index (χ0n) is 20.3. The van der Waals surface area contributed by atoms with E-state index < -0.39 is 22.0 Å². The van der Waals surface area contributed by atoms with Crippen molar-refractivity contribution in [3.05, 3.63) is 60.8 Å². The molecule has 1 aliphatic rings. The van der Waals surface area contributed by atoms with E-state index >= 15 is 0 Å². The summed E-state index contributed by atoms with van der Waals surface area (Å²) in [6.45, 7) is 0. The van der Waals surface area contributed by atoms with Crippen molar-refractivity contribution in [3.8, 4) is 17.3 Å². The normalized spacial score (nSPS) is 17.7. The highest BCUT2D eigenvalue weighted by Crippen LogP contribution is 2.35. The van der Waals surface area contributed by atoms with Gasteiger partial charge in [0.15, 0.2) is 9.84 Å². The number of halogens is 3. The van der Waals surface area contributed by atoms with Gasteiger partial charge in [0.2, 0.25) is 0 Å². The molecule has 1 aliphatic carbocycles. The summed E-state index contributed by atoms with van der Waals surface area (Å²) in [5, 5.41) is 21.9. The van der Waals surface area contributed by atoms with Crippen LogP contribution in [0.15, 0.2) is 60.1 Å². The van der Waals surface area contributed by atoms with Crippen molar-refractivity contribution >= 4 is 26.8 Å². The van der Waals surface area contributed by atoms with E-state index in [0.717, 1.165) is 48.0 Å². The number of carboxylic acids is 1. The van der Waals surface area contributed by atoms with Crippen LogP contribution in [0.25, 0.3) is 22.3 Å². The summed E-state index contributed by atoms with van der Waals surface area (Å²) in [7, 11) is -3.49. The highest BCUT2D eigenvalue weighted by molar-refractivity contribution is 7.91. The first-order chi connectivity index (χ1) is 18.5. The van der Waals surface area contributed by atoms with Crippen molar-refractivity contribution in [2.45, 2.75) is 42.8 Å². The number of aromatic amines is 1. The molecule has 2 N–H and O–H groups in total. The first kappa shape index (κ1) is 27.8. The van der Waals surface area contributed by atoms with E-state index in [9.17, 15) is 26.9 Å². The third-order valence-corrected chi connectivity index (χ3v) is 8.40. The number of H-pyrrole nitrogens is 1. The fourth-order valence-corrected chi connectivity index (χ4v) is 6.44. The number of hydrogen-bond donors (Lipinski definition) is 2. The zero-order valence-corrected chi connectivity index (χ0v) is 21.2. The Morgan fingerprint density at radius 2 is 1.85 bits per heavy atom. The number of carboxylic acid groups (broad SMARTS) is 1. The average Bonchev–Trinajstić information content (AvgIpc) is 3.59. The smallest absolute Gasteiger partial charge is 0.475 e. The molecular formula is C25H23F3N6O4S. The molecular weight excluding hydrogens is 537 g/mol. The van der Waals surface area contributed by atoms with Gasteiger partial charge in [0.05, 0.1) is 34.1 Å². The lowest BCUT2D eigenvalue weighted by Crippen LogP contribution is -2.24. The van der Waals surface area contributed by atoms with E-state index in [1.54, 1.807) is 24.5 Å². The van der Waals surface area contributed by atoms with Crippen molar-refractivity contribution in [1.29, 1.82) is 5.26 Å². The zero-order chi connectivity index (χ0) is 28.2. The Morgan fingerprint density at radius 1 is 1.15 bits per heavy atom. The molecule has 0 spiro atoms. The number of hydrogen-bond acceptors (Lipinski definition) is 7. The molecule has 0 unspecified atom stereocenters. The Balaban J connectivity index is 0.000000448. The molecule has 0 amide bonds. The second-order valence-corrected chi connectivity index (χ2v) is 11.0. The quantitative estimate of drug-likeness (QED) is 0.361. The van der Waals surface area contributed by atoms with Gasteiger partial charge in [-0.15, -0.1) is 0 Å². The van der Waals surface area contributed by atoms with E-state index in [0.29, 0.717) is 0 Å². The number of sulfone groups is 1. The molecule has 0 aliphatic heterocycles. The van der Waals surface area contributed by atoms with Gasteiger partial charge in [0.25, 0.3) is 0 Å². The van der Waals surface area contributed by atoms with E-state index in [1.807, 2.05) is 35.4 Å². The number of fused-ring (bicyclic) bond motifs is 1. The number of carbonyl (C=O) groups is 1. The number of nitrogens with one attached hydrogen (secondary N) is 1. The Morgan fingerprint density at radius 3 is 2.51 bits per heavy atom. The number of nitrogens with zero attached hydrogens (tertiary/aromatic N) is 5. The van der Waals surface area contributed by atoms with Crippen molar-refractivity contribution in [3.63, 3.8) is 0 Å². The molecule has 204 valence electrons. The molecule has 14 heteroatoms. The van der Waals surface area contributed by atoms with Crippen LogP contribution in [0, 0.1) is 17.2 Å². The maximum atomic E-state index is 12.9. The molecule has 3 heterocycles. The van der Waals surface area contributed by atoms with Gasteiger partial charge in [-0.25, -0.2) is 23.2 Å². The molecule has 0 saturated heterocycles. The first-order valence-corrected chi connectivity index (χ1v) is 13.5. The maximum Gasteiger partial charge on any atom is 0.490 e. The third-order valence-electron chi connectivity index (χ3n) is 6.46. The molecule has 1 saturated carbocycles. The fraction of sp³-hybridized carbons (Fsp3) is 0.320. The molecule has 0 radical (unpaired) electrons. The van der Waals surface area contributed by atoms with Gasteiger partial charge < -0.3 is 10.1 Å². The van der Waals surface area contributed by atoms with Gasteiger partial charge in [0.1, 0.15) is 18.0 Å². The van der Waals surface area contributed by atoms with Crippen molar-refractivity contribution in [1.82, 2.24) is 24.7 Å². The summed E-state index contributed by atoms with van der Waals surface area (Å²) in [4.78, 5) is 20.8. The van der Waals surface area contributed by atoms with Crippen molar-refractivity contribution in [2.24, 2.45) is 5.92 Å². The minimum absolute atomic E-state index is 0.0785. The average molecular weight is 561 g/mol. The summed E-state index contributed by atoms with van der Waals surface area (Å²) in [6, 6.07) is 10.6. The number of alkyl halides is 3. The second kappa shape index (κ2) is 11.2. The predicted octanol–water partition coefficient (Wildman–Crippen LogP) is 4.53. The Hall–Kier alpha value is -4.25. The summed E-state index contributed by atoms with van der Waals surface area (Å²) in [5.74, 6) is -2.60. The minimum atomic E-state index is -5.08. The van der Waals surface area contributed by atoms with Gasteiger partial charge in [-0.3, -0.25) is 4.68 Å². The monoisotopic (exact) mass is 560 g/mol.